The Hall–Kier alpha value is -1.67. The van der Waals surface area contributed by atoms with Gasteiger partial charge in [0, 0.05) is 11.1 Å². The highest BCUT2D eigenvalue weighted by atomic mass is 35.5. The fourth-order valence-corrected chi connectivity index (χ4v) is 5.13. The molecule has 0 aliphatic carbocycles. The summed E-state index contributed by atoms with van der Waals surface area (Å²) >= 11 is 7.22. The van der Waals surface area contributed by atoms with Crippen LogP contribution in [0.3, 0.4) is 0 Å². The van der Waals surface area contributed by atoms with Crippen molar-refractivity contribution in [1.29, 1.82) is 0 Å². The zero-order chi connectivity index (χ0) is 18.9. The van der Waals surface area contributed by atoms with Gasteiger partial charge in [-0.05, 0) is 43.2 Å². The molecule has 0 aliphatic rings. The summed E-state index contributed by atoms with van der Waals surface area (Å²) in [5.41, 5.74) is 1.54. The molecule has 1 heterocycles. The lowest BCUT2D eigenvalue weighted by Crippen LogP contribution is -2.31. The summed E-state index contributed by atoms with van der Waals surface area (Å²) in [6, 6.07) is 12.0. The smallest absolute Gasteiger partial charge is 0.294 e. The number of aromatic nitrogens is 1. The van der Waals surface area contributed by atoms with Crippen LogP contribution < -0.4 is 9.60 Å². The van der Waals surface area contributed by atoms with Gasteiger partial charge in [-0.15, -0.1) is 0 Å². The second kappa shape index (κ2) is 7.52. The molecular weight excluding hydrogens is 392 g/mol. The van der Waals surface area contributed by atoms with Crippen molar-refractivity contribution in [3.8, 4) is 0 Å². The third kappa shape index (κ3) is 3.86. The summed E-state index contributed by atoms with van der Waals surface area (Å²) in [7, 11) is -3.61. The molecule has 0 saturated carbocycles. The fraction of sp³-hybridized carbons (Fsp3) is 0.278. The standard InChI is InChI=1S/C18H19ClN2O3S2/c1-3-12(2)20-26(23,24)14-8-9-16-17(10-14)25-18(22)21(16)11-13-6-4-5-7-15(13)19/h4-10,12,20H,3,11H2,1-2H3/t12-/m0/s1. The molecule has 2 aromatic carbocycles. The van der Waals surface area contributed by atoms with Crippen LogP contribution in [0.2, 0.25) is 5.02 Å². The van der Waals surface area contributed by atoms with Gasteiger partial charge in [-0.3, -0.25) is 9.36 Å². The van der Waals surface area contributed by atoms with Gasteiger partial charge in [0.2, 0.25) is 10.0 Å². The van der Waals surface area contributed by atoms with Gasteiger partial charge in [0.25, 0.3) is 0 Å². The number of hydrogen-bond acceptors (Lipinski definition) is 4. The van der Waals surface area contributed by atoms with Crippen molar-refractivity contribution >= 4 is 43.2 Å². The first-order valence-electron chi connectivity index (χ1n) is 8.21. The lowest BCUT2D eigenvalue weighted by atomic mass is 10.2. The first kappa shape index (κ1) is 19.1. The van der Waals surface area contributed by atoms with Gasteiger partial charge in [0.15, 0.2) is 0 Å². The van der Waals surface area contributed by atoms with Gasteiger partial charge in [-0.25, -0.2) is 13.1 Å². The molecule has 3 aromatic rings. The second-order valence-corrected chi connectivity index (χ2v) is 9.22. The van der Waals surface area contributed by atoms with Crippen LogP contribution in [0.4, 0.5) is 0 Å². The topological polar surface area (TPSA) is 68.2 Å². The predicted octanol–water partition coefficient (Wildman–Crippen LogP) is 3.84. The highest BCUT2D eigenvalue weighted by molar-refractivity contribution is 7.89. The third-order valence-corrected chi connectivity index (χ3v) is 7.10. The van der Waals surface area contributed by atoms with E-state index in [4.69, 9.17) is 11.6 Å². The van der Waals surface area contributed by atoms with Crippen LogP contribution in [0.25, 0.3) is 10.2 Å². The third-order valence-electron chi connectivity index (χ3n) is 4.21. The summed E-state index contributed by atoms with van der Waals surface area (Å²) in [5.74, 6) is 0. The van der Waals surface area contributed by atoms with Crippen molar-refractivity contribution < 1.29 is 8.42 Å². The normalized spacial score (nSPS) is 13.2. The molecule has 0 amide bonds. The number of sulfonamides is 1. The van der Waals surface area contributed by atoms with E-state index in [1.165, 1.54) is 6.07 Å². The van der Waals surface area contributed by atoms with Crippen LogP contribution in [0, 0.1) is 0 Å². The number of thiazole rings is 1. The summed E-state index contributed by atoms with van der Waals surface area (Å²) < 4.78 is 29.8. The van der Waals surface area contributed by atoms with Crippen molar-refractivity contribution in [1.82, 2.24) is 9.29 Å². The molecule has 0 fully saturated rings. The highest BCUT2D eigenvalue weighted by Gasteiger charge is 2.18. The van der Waals surface area contributed by atoms with Crippen molar-refractivity contribution in [2.24, 2.45) is 0 Å². The molecule has 138 valence electrons. The molecule has 0 spiro atoms. The van der Waals surface area contributed by atoms with Crippen molar-refractivity contribution in [3.05, 3.63) is 62.7 Å². The Morgan fingerprint density at radius 2 is 1.96 bits per heavy atom. The molecule has 5 nitrogen and oxygen atoms in total. The van der Waals surface area contributed by atoms with Gasteiger partial charge >= 0.3 is 4.87 Å². The molecule has 0 saturated heterocycles. The molecule has 3 rings (SSSR count). The van der Waals surface area contributed by atoms with Gasteiger partial charge in [-0.2, -0.15) is 0 Å². The van der Waals surface area contributed by atoms with E-state index in [0.29, 0.717) is 28.2 Å². The number of nitrogens with zero attached hydrogens (tertiary/aromatic N) is 1. The molecule has 0 radical (unpaired) electrons. The van der Waals surface area contributed by atoms with Gasteiger partial charge in [0.05, 0.1) is 21.7 Å². The van der Waals surface area contributed by atoms with E-state index in [1.807, 2.05) is 32.0 Å². The Labute approximate surface area is 161 Å². The van der Waals surface area contributed by atoms with E-state index < -0.39 is 10.0 Å². The van der Waals surface area contributed by atoms with Crippen LogP contribution in [-0.2, 0) is 16.6 Å². The van der Waals surface area contributed by atoms with Crippen molar-refractivity contribution in [3.63, 3.8) is 0 Å². The maximum Gasteiger partial charge on any atom is 0.308 e. The van der Waals surface area contributed by atoms with E-state index in [2.05, 4.69) is 4.72 Å². The second-order valence-electron chi connectivity index (χ2n) is 6.11. The minimum atomic E-state index is -3.61. The zero-order valence-electron chi connectivity index (χ0n) is 14.4. The number of nitrogens with one attached hydrogen (secondary N) is 1. The lowest BCUT2D eigenvalue weighted by Gasteiger charge is -2.12. The highest BCUT2D eigenvalue weighted by Crippen LogP contribution is 2.24. The van der Waals surface area contributed by atoms with Gasteiger partial charge in [0.1, 0.15) is 0 Å². The zero-order valence-corrected chi connectivity index (χ0v) is 16.8. The molecule has 1 atom stereocenters. The van der Waals surface area contributed by atoms with Crippen LogP contribution in [0.5, 0.6) is 0 Å². The summed E-state index contributed by atoms with van der Waals surface area (Å²) in [6.07, 6.45) is 0.697. The molecule has 1 aromatic heterocycles. The van der Waals surface area contributed by atoms with Crippen LogP contribution in [0.15, 0.2) is 52.2 Å². The molecule has 8 heteroatoms. The van der Waals surface area contributed by atoms with Crippen molar-refractivity contribution in [2.45, 2.75) is 37.8 Å². The predicted molar refractivity (Wildman–Crippen MR) is 107 cm³/mol. The SMILES string of the molecule is CC[C@H](C)NS(=O)(=O)c1ccc2c(c1)sc(=O)n2Cc1ccccc1Cl. The number of hydrogen-bond donors (Lipinski definition) is 1. The fourth-order valence-electron chi connectivity index (χ4n) is 2.58. The molecular formula is C18H19ClN2O3S2. The maximum atomic E-state index is 12.5. The van der Waals surface area contributed by atoms with E-state index in [0.717, 1.165) is 16.9 Å². The van der Waals surface area contributed by atoms with E-state index >= 15 is 0 Å². The Kier molecular flexibility index (Phi) is 5.53. The number of halogens is 1. The average molecular weight is 411 g/mol. The van der Waals surface area contributed by atoms with Gasteiger partial charge < -0.3 is 0 Å². The Morgan fingerprint density at radius 3 is 2.65 bits per heavy atom. The Bertz CT molecular complexity index is 1100. The Balaban J connectivity index is 2.01. The first-order valence-corrected chi connectivity index (χ1v) is 10.9. The van der Waals surface area contributed by atoms with Crippen LogP contribution in [0.1, 0.15) is 25.8 Å². The average Bonchev–Trinajstić information content (AvgIpc) is 2.91. The summed E-state index contributed by atoms with van der Waals surface area (Å²) in [6.45, 7) is 4.07. The summed E-state index contributed by atoms with van der Waals surface area (Å²) in [4.78, 5) is 12.4. The van der Waals surface area contributed by atoms with E-state index in [1.54, 1.807) is 22.8 Å². The lowest BCUT2D eigenvalue weighted by molar-refractivity contribution is 0.556. The monoisotopic (exact) mass is 410 g/mol. The molecule has 26 heavy (non-hydrogen) atoms. The molecule has 0 unspecified atom stereocenters. The molecule has 0 aliphatic heterocycles. The molecule has 0 bridgehead atoms. The number of rotatable bonds is 6. The minimum Gasteiger partial charge on any atom is -0.294 e. The van der Waals surface area contributed by atoms with Crippen LogP contribution >= 0.6 is 22.9 Å². The van der Waals surface area contributed by atoms with E-state index in [-0.39, 0.29) is 15.8 Å². The first-order chi connectivity index (χ1) is 12.3. The summed E-state index contributed by atoms with van der Waals surface area (Å²) in [5, 5.41) is 0.593. The quantitative estimate of drug-likeness (QED) is 0.671. The van der Waals surface area contributed by atoms with Gasteiger partial charge in [-0.1, -0.05) is 48.1 Å². The van der Waals surface area contributed by atoms with Crippen molar-refractivity contribution in [2.75, 3.05) is 0 Å². The number of fused-ring (bicyclic) bond motifs is 1. The molecule has 1 N–H and O–H groups in total. The Morgan fingerprint density at radius 1 is 1.23 bits per heavy atom. The maximum absolute atomic E-state index is 12.5. The largest absolute Gasteiger partial charge is 0.308 e. The van der Waals surface area contributed by atoms with Crippen LogP contribution in [-0.4, -0.2) is 19.0 Å². The van der Waals surface area contributed by atoms with E-state index in [9.17, 15) is 13.2 Å². The number of benzene rings is 2. The minimum absolute atomic E-state index is 0.149.